The number of imide groups is 2. The first kappa shape index (κ1) is 25.6. The quantitative estimate of drug-likeness (QED) is 0.509. The highest BCUT2D eigenvalue weighted by Crippen LogP contribution is 2.32. The summed E-state index contributed by atoms with van der Waals surface area (Å²) in [6.07, 6.45) is 1.96. The third-order valence-electron chi connectivity index (χ3n) is 7.34. The van der Waals surface area contributed by atoms with Crippen molar-refractivity contribution in [1.29, 1.82) is 0 Å². The minimum atomic E-state index is -0.974. The first-order valence-corrected chi connectivity index (χ1v) is 12.9. The molecule has 38 heavy (non-hydrogen) atoms. The summed E-state index contributed by atoms with van der Waals surface area (Å²) in [5, 5.41) is 5.17. The fourth-order valence-electron chi connectivity index (χ4n) is 5.20. The zero-order chi connectivity index (χ0) is 26.6. The van der Waals surface area contributed by atoms with E-state index in [1.807, 2.05) is 36.4 Å². The molecule has 0 radical (unpaired) electrons. The molecule has 3 aliphatic rings. The van der Waals surface area contributed by atoms with Crippen LogP contribution in [-0.4, -0.2) is 66.7 Å². The molecule has 0 aliphatic carbocycles. The van der Waals surface area contributed by atoms with E-state index in [0.717, 1.165) is 42.1 Å². The molecular weight excluding hydrogens is 488 g/mol. The Morgan fingerprint density at radius 1 is 0.947 bits per heavy atom. The Balaban J connectivity index is 1.11. The summed E-state index contributed by atoms with van der Waals surface area (Å²) in [5.41, 5.74) is 2.42. The second kappa shape index (κ2) is 11.1. The van der Waals surface area contributed by atoms with E-state index in [0.29, 0.717) is 19.1 Å². The summed E-state index contributed by atoms with van der Waals surface area (Å²) in [5.74, 6) is -1.82. The summed E-state index contributed by atoms with van der Waals surface area (Å²) in [6, 6.07) is 13.9. The molecule has 10 heteroatoms. The van der Waals surface area contributed by atoms with E-state index in [9.17, 15) is 24.0 Å². The van der Waals surface area contributed by atoms with Gasteiger partial charge in [0, 0.05) is 31.7 Å². The normalized spacial score (nSPS) is 19.9. The maximum absolute atomic E-state index is 13.1. The van der Waals surface area contributed by atoms with Crippen LogP contribution in [0.2, 0.25) is 0 Å². The molecule has 0 aromatic heterocycles. The molecule has 1 atom stereocenters. The topological polar surface area (TPSA) is 125 Å². The van der Waals surface area contributed by atoms with Crippen LogP contribution in [-0.2, 0) is 25.7 Å². The molecule has 5 amide bonds. The van der Waals surface area contributed by atoms with Crippen molar-refractivity contribution in [2.24, 2.45) is 5.92 Å². The number of ether oxygens (including phenoxy) is 1. The standard InChI is InChI=1S/C28H30N4O6/c33-24-9-8-23(26(35)30-24)32-27(36)21-7-6-20(14-22(21)28(32)37)31-12-10-18(11-13-31)15-29-25(34)17-38-16-19-4-2-1-3-5-19/h1-7,14,18,23H,8-13,15-17H2,(H,29,34)(H,30,33,35). The average molecular weight is 519 g/mol. The molecule has 2 fully saturated rings. The molecule has 10 nitrogen and oxygen atoms in total. The zero-order valence-electron chi connectivity index (χ0n) is 21.0. The predicted molar refractivity (Wildman–Crippen MR) is 137 cm³/mol. The van der Waals surface area contributed by atoms with E-state index < -0.39 is 29.7 Å². The number of carbonyl (C=O) groups is 5. The molecule has 2 saturated heterocycles. The summed E-state index contributed by atoms with van der Waals surface area (Å²) in [7, 11) is 0. The number of amides is 5. The Morgan fingerprint density at radius 3 is 2.42 bits per heavy atom. The first-order chi connectivity index (χ1) is 18.4. The van der Waals surface area contributed by atoms with Crippen molar-refractivity contribution in [3.8, 4) is 0 Å². The number of hydrogen-bond acceptors (Lipinski definition) is 7. The van der Waals surface area contributed by atoms with Gasteiger partial charge in [-0.1, -0.05) is 30.3 Å². The molecular formula is C28H30N4O6. The molecule has 0 saturated carbocycles. The minimum Gasteiger partial charge on any atom is -0.371 e. The minimum absolute atomic E-state index is 0.0193. The van der Waals surface area contributed by atoms with Crippen molar-refractivity contribution in [3.63, 3.8) is 0 Å². The van der Waals surface area contributed by atoms with Crippen molar-refractivity contribution in [2.75, 3.05) is 31.1 Å². The Bertz CT molecular complexity index is 1260. The number of hydrogen-bond donors (Lipinski definition) is 2. The van der Waals surface area contributed by atoms with Crippen LogP contribution in [0.3, 0.4) is 0 Å². The molecule has 2 N–H and O–H groups in total. The van der Waals surface area contributed by atoms with Crippen molar-refractivity contribution in [3.05, 3.63) is 65.2 Å². The summed E-state index contributed by atoms with van der Waals surface area (Å²) < 4.78 is 5.49. The lowest BCUT2D eigenvalue weighted by Gasteiger charge is -2.33. The van der Waals surface area contributed by atoms with Gasteiger partial charge in [0.1, 0.15) is 12.6 Å². The summed E-state index contributed by atoms with van der Waals surface area (Å²) >= 11 is 0. The van der Waals surface area contributed by atoms with Crippen LogP contribution in [0.5, 0.6) is 0 Å². The van der Waals surface area contributed by atoms with Crippen LogP contribution in [0.15, 0.2) is 48.5 Å². The van der Waals surface area contributed by atoms with Gasteiger partial charge in [-0.15, -0.1) is 0 Å². The third-order valence-corrected chi connectivity index (χ3v) is 7.34. The highest BCUT2D eigenvalue weighted by molar-refractivity contribution is 6.23. The van der Waals surface area contributed by atoms with Crippen LogP contribution in [0, 0.1) is 5.92 Å². The van der Waals surface area contributed by atoms with Crippen LogP contribution in [0.25, 0.3) is 0 Å². The number of carbonyl (C=O) groups excluding carboxylic acids is 5. The van der Waals surface area contributed by atoms with Gasteiger partial charge < -0.3 is 15.0 Å². The highest BCUT2D eigenvalue weighted by atomic mass is 16.5. The van der Waals surface area contributed by atoms with Crippen molar-refractivity contribution < 1.29 is 28.7 Å². The second-order valence-electron chi connectivity index (χ2n) is 9.89. The monoisotopic (exact) mass is 518 g/mol. The number of fused-ring (bicyclic) bond motifs is 1. The van der Waals surface area contributed by atoms with Crippen LogP contribution in [0.4, 0.5) is 5.69 Å². The van der Waals surface area contributed by atoms with Gasteiger partial charge in [0.25, 0.3) is 11.8 Å². The van der Waals surface area contributed by atoms with Crippen LogP contribution < -0.4 is 15.5 Å². The van der Waals surface area contributed by atoms with E-state index in [1.54, 1.807) is 12.1 Å². The van der Waals surface area contributed by atoms with E-state index in [4.69, 9.17) is 4.74 Å². The first-order valence-electron chi connectivity index (χ1n) is 12.9. The Labute approximate surface area is 220 Å². The lowest BCUT2D eigenvalue weighted by Crippen LogP contribution is -2.54. The molecule has 1 unspecified atom stereocenters. The van der Waals surface area contributed by atoms with E-state index in [1.165, 1.54) is 0 Å². The molecule has 2 aromatic carbocycles. The number of nitrogens with one attached hydrogen (secondary N) is 2. The summed E-state index contributed by atoms with van der Waals surface area (Å²) in [4.78, 5) is 65.0. The van der Waals surface area contributed by atoms with Gasteiger partial charge in [-0.2, -0.15) is 0 Å². The Kier molecular flexibility index (Phi) is 7.50. The Morgan fingerprint density at radius 2 is 1.68 bits per heavy atom. The van der Waals surface area contributed by atoms with Gasteiger partial charge in [-0.3, -0.25) is 34.2 Å². The lowest BCUT2D eigenvalue weighted by atomic mass is 9.96. The molecule has 3 aliphatic heterocycles. The largest absolute Gasteiger partial charge is 0.371 e. The van der Waals surface area contributed by atoms with Crippen molar-refractivity contribution in [1.82, 2.24) is 15.5 Å². The number of nitrogens with zero attached hydrogens (tertiary/aromatic N) is 2. The van der Waals surface area contributed by atoms with Crippen molar-refractivity contribution in [2.45, 2.75) is 38.3 Å². The molecule has 0 spiro atoms. The van der Waals surface area contributed by atoms with Gasteiger partial charge in [-0.05, 0) is 48.9 Å². The zero-order valence-corrected chi connectivity index (χ0v) is 21.0. The SMILES string of the molecule is O=C(COCc1ccccc1)NCC1CCN(c2ccc3c(c2)C(=O)N(C2CCC(=O)NC2=O)C3=O)CC1. The molecule has 198 valence electrons. The Hall–Kier alpha value is -4.05. The maximum atomic E-state index is 13.1. The average Bonchev–Trinajstić information content (AvgIpc) is 3.17. The van der Waals surface area contributed by atoms with Gasteiger partial charge in [0.15, 0.2) is 0 Å². The fraction of sp³-hybridized carbons (Fsp3) is 0.393. The highest BCUT2D eigenvalue weighted by Gasteiger charge is 2.44. The van der Waals surface area contributed by atoms with E-state index in [-0.39, 0.29) is 36.5 Å². The summed E-state index contributed by atoms with van der Waals surface area (Å²) in [6.45, 7) is 2.50. The predicted octanol–water partition coefficient (Wildman–Crippen LogP) is 1.64. The van der Waals surface area contributed by atoms with Gasteiger partial charge in [0.2, 0.25) is 17.7 Å². The number of piperidine rings is 2. The molecule has 0 bridgehead atoms. The number of anilines is 1. The van der Waals surface area contributed by atoms with Crippen LogP contribution >= 0.6 is 0 Å². The lowest BCUT2D eigenvalue weighted by molar-refractivity contribution is -0.136. The smallest absolute Gasteiger partial charge is 0.262 e. The van der Waals surface area contributed by atoms with Crippen molar-refractivity contribution >= 4 is 35.2 Å². The third kappa shape index (κ3) is 5.45. The van der Waals surface area contributed by atoms with Gasteiger partial charge >= 0.3 is 0 Å². The fourth-order valence-corrected chi connectivity index (χ4v) is 5.20. The second-order valence-corrected chi connectivity index (χ2v) is 9.89. The van der Waals surface area contributed by atoms with E-state index >= 15 is 0 Å². The number of benzene rings is 2. The number of rotatable bonds is 8. The van der Waals surface area contributed by atoms with E-state index in [2.05, 4.69) is 15.5 Å². The van der Waals surface area contributed by atoms with Crippen LogP contribution in [0.1, 0.15) is 52.0 Å². The van der Waals surface area contributed by atoms with Gasteiger partial charge in [0.05, 0.1) is 17.7 Å². The molecule has 5 rings (SSSR count). The maximum Gasteiger partial charge on any atom is 0.262 e. The molecule has 3 heterocycles. The van der Waals surface area contributed by atoms with Gasteiger partial charge in [-0.25, -0.2) is 0 Å². The molecule has 2 aromatic rings.